The number of rotatable bonds is 5. The number of nitrogens with one attached hydrogen (secondary N) is 1. The number of nitrogens with zero attached hydrogens (tertiary/aromatic N) is 6. The van der Waals surface area contributed by atoms with Crippen molar-refractivity contribution in [2.24, 2.45) is 0 Å². The molecule has 7 nitrogen and oxygen atoms in total. The van der Waals surface area contributed by atoms with Crippen molar-refractivity contribution in [3.8, 4) is 0 Å². The van der Waals surface area contributed by atoms with E-state index in [1.807, 2.05) is 25.1 Å². The third-order valence-corrected chi connectivity index (χ3v) is 3.67. The summed E-state index contributed by atoms with van der Waals surface area (Å²) in [5, 5.41) is 3.22. The summed E-state index contributed by atoms with van der Waals surface area (Å²) in [5.74, 6) is 2.39. The largest absolute Gasteiger partial charge is 0.366 e. The van der Waals surface area contributed by atoms with Crippen molar-refractivity contribution < 1.29 is 0 Å². The molecule has 7 heteroatoms. The van der Waals surface area contributed by atoms with Crippen molar-refractivity contribution in [3.63, 3.8) is 0 Å². The van der Waals surface area contributed by atoms with Crippen LogP contribution in [-0.2, 0) is 0 Å². The molecule has 0 aromatic carbocycles. The van der Waals surface area contributed by atoms with Gasteiger partial charge in [-0.25, -0.2) is 15.0 Å². The first-order valence-corrected chi connectivity index (χ1v) is 7.73. The van der Waals surface area contributed by atoms with Gasteiger partial charge in [-0.05, 0) is 13.0 Å². The van der Waals surface area contributed by atoms with Crippen molar-refractivity contribution in [2.75, 3.05) is 47.8 Å². The number of aryl methyl sites for hydroxylation is 1. The Bertz CT molecular complexity index is 651. The molecule has 0 atom stereocenters. The number of hydrogen-bond donors (Lipinski definition) is 1. The summed E-state index contributed by atoms with van der Waals surface area (Å²) in [6.45, 7) is 9.80. The van der Waals surface area contributed by atoms with E-state index in [-0.39, 0.29) is 0 Å². The van der Waals surface area contributed by atoms with E-state index < -0.39 is 0 Å². The Morgan fingerprint density at radius 1 is 1.09 bits per heavy atom. The molecule has 0 aliphatic carbocycles. The lowest BCUT2D eigenvalue weighted by atomic mass is 10.3. The van der Waals surface area contributed by atoms with Gasteiger partial charge in [-0.15, -0.1) is 6.58 Å². The van der Waals surface area contributed by atoms with Crippen molar-refractivity contribution in [2.45, 2.75) is 6.92 Å². The van der Waals surface area contributed by atoms with Gasteiger partial charge in [-0.2, -0.15) is 4.98 Å². The van der Waals surface area contributed by atoms with Gasteiger partial charge < -0.3 is 15.1 Å². The first-order valence-electron chi connectivity index (χ1n) is 7.73. The minimum Gasteiger partial charge on any atom is -0.366 e. The van der Waals surface area contributed by atoms with Crippen LogP contribution in [0, 0.1) is 6.92 Å². The zero-order valence-corrected chi connectivity index (χ0v) is 13.3. The van der Waals surface area contributed by atoms with Crippen LogP contribution in [0.4, 0.5) is 17.7 Å². The second kappa shape index (κ2) is 7.04. The van der Waals surface area contributed by atoms with E-state index in [0.29, 0.717) is 6.54 Å². The summed E-state index contributed by atoms with van der Waals surface area (Å²) < 4.78 is 0. The van der Waals surface area contributed by atoms with E-state index in [1.54, 1.807) is 12.4 Å². The number of hydrogen-bond acceptors (Lipinski definition) is 7. The third kappa shape index (κ3) is 3.74. The molecule has 1 aliphatic rings. The molecule has 0 bridgehead atoms. The van der Waals surface area contributed by atoms with Gasteiger partial charge in [0.05, 0.1) is 0 Å². The van der Waals surface area contributed by atoms with Gasteiger partial charge in [0, 0.05) is 56.9 Å². The topological polar surface area (TPSA) is 70.1 Å². The van der Waals surface area contributed by atoms with Crippen LogP contribution in [0.25, 0.3) is 0 Å². The Hall–Kier alpha value is -2.70. The molecule has 23 heavy (non-hydrogen) atoms. The van der Waals surface area contributed by atoms with Crippen LogP contribution >= 0.6 is 0 Å². The smallest absolute Gasteiger partial charge is 0.227 e. The number of piperazine rings is 1. The highest BCUT2D eigenvalue weighted by molar-refractivity contribution is 5.45. The predicted octanol–water partition coefficient (Wildman–Crippen LogP) is 1.50. The van der Waals surface area contributed by atoms with Crippen LogP contribution in [-0.4, -0.2) is 52.7 Å². The molecule has 1 fully saturated rings. The fraction of sp³-hybridized carbons (Fsp3) is 0.375. The quantitative estimate of drug-likeness (QED) is 0.839. The normalized spacial score (nSPS) is 14.7. The van der Waals surface area contributed by atoms with Gasteiger partial charge >= 0.3 is 0 Å². The van der Waals surface area contributed by atoms with Gasteiger partial charge in [0.25, 0.3) is 0 Å². The van der Waals surface area contributed by atoms with E-state index >= 15 is 0 Å². The molecule has 1 aliphatic heterocycles. The van der Waals surface area contributed by atoms with E-state index in [0.717, 1.165) is 49.6 Å². The number of anilines is 3. The van der Waals surface area contributed by atoms with Crippen LogP contribution in [0.3, 0.4) is 0 Å². The molecule has 3 heterocycles. The van der Waals surface area contributed by atoms with Crippen LogP contribution in [0.15, 0.2) is 37.2 Å². The van der Waals surface area contributed by atoms with Crippen molar-refractivity contribution in [1.29, 1.82) is 0 Å². The molecule has 1 N–H and O–H groups in total. The maximum Gasteiger partial charge on any atom is 0.227 e. The molecule has 1 saturated heterocycles. The van der Waals surface area contributed by atoms with Crippen molar-refractivity contribution >= 4 is 17.7 Å². The number of aromatic nitrogens is 4. The average molecular weight is 311 g/mol. The standard InChI is InChI=1S/C16H21N7/c1-3-5-17-14-12-13(2)20-16(21-14)23-10-8-22(9-11-23)15-18-6-4-7-19-15/h3-4,6-7,12H,1,5,8-11H2,2H3,(H,17,20,21). The lowest BCUT2D eigenvalue weighted by molar-refractivity contribution is 0.627. The maximum absolute atomic E-state index is 4.60. The van der Waals surface area contributed by atoms with Crippen molar-refractivity contribution in [3.05, 3.63) is 42.9 Å². The predicted molar refractivity (Wildman–Crippen MR) is 91.9 cm³/mol. The first kappa shape index (κ1) is 15.2. The molecule has 0 spiro atoms. The molecule has 120 valence electrons. The van der Waals surface area contributed by atoms with Crippen LogP contribution in [0.1, 0.15) is 5.69 Å². The molecule has 0 radical (unpaired) electrons. The summed E-state index contributed by atoms with van der Waals surface area (Å²) in [6.07, 6.45) is 5.36. The van der Waals surface area contributed by atoms with Gasteiger partial charge in [-0.3, -0.25) is 0 Å². The molecule has 3 rings (SSSR count). The fourth-order valence-corrected chi connectivity index (χ4v) is 2.52. The Morgan fingerprint density at radius 2 is 1.74 bits per heavy atom. The summed E-state index contributed by atoms with van der Waals surface area (Å²) in [6, 6.07) is 3.78. The van der Waals surface area contributed by atoms with E-state index in [9.17, 15) is 0 Å². The molecule has 2 aromatic heterocycles. The Labute approximate surface area is 136 Å². The van der Waals surface area contributed by atoms with E-state index in [2.05, 4.69) is 41.6 Å². The molecular formula is C16H21N7. The van der Waals surface area contributed by atoms with Crippen LogP contribution < -0.4 is 15.1 Å². The SMILES string of the molecule is C=CCNc1cc(C)nc(N2CCN(c3ncccn3)CC2)n1. The lowest BCUT2D eigenvalue weighted by Crippen LogP contribution is -2.47. The molecular weight excluding hydrogens is 290 g/mol. The summed E-state index contributed by atoms with van der Waals surface area (Å²) in [4.78, 5) is 22.2. The lowest BCUT2D eigenvalue weighted by Gasteiger charge is -2.34. The van der Waals surface area contributed by atoms with Crippen LogP contribution in [0.5, 0.6) is 0 Å². The van der Waals surface area contributed by atoms with Gasteiger partial charge in [-0.1, -0.05) is 6.08 Å². The van der Waals surface area contributed by atoms with Gasteiger partial charge in [0.15, 0.2) is 0 Å². The highest BCUT2D eigenvalue weighted by Crippen LogP contribution is 2.17. The Kier molecular flexibility index (Phi) is 4.65. The molecule has 2 aromatic rings. The second-order valence-electron chi connectivity index (χ2n) is 5.39. The zero-order valence-electron chi connectivity index (χ0n) is 13.3. The zero-order chi connectivity index (χ0) is 16.1. The minimum atomic E-state index is 0.690. The Morgan fingerprint density at radius 3 is 2.39 bits per heavy atom. The summed E-state index contributed by atoms with van der Waals surface area (Å²) >= 11 is 0. The van der Waals surface area contributed by atoms with E-state index in [4.69, 9.17) is 0 Å². The highest BCUT2D eigenvalue weighted by atomic mass is 15.4. The highest BCUT2D eigenvalue weighted by Gasteiger charge is 2.21. The second-order valence-corrected chi connectivity index (χ2v) is 5.39. The summed E-state index contributed by atoms with van der Waals surface area (Å²) in [5.41, 5.74) is 0.954. The van der Waals surface area contributed by atoms with Crippen LogP contribution in [0.2, 0.25) is 0 Å². The van der Waals surface area contributed by atoms with Crippen molar-refractivity contribution in [1.82, 2.24) is 19.9 Å². The monoisotopic (exact) mass is 311 g/mol. The first-order chi connectivity index (χ1) is 11.3. The molecule has 0 unspecified atom stereocenters. The molecule has 0 amide bonds. The average Bonchev–Trinajstić information content (AvgIpc) is 2.60. The van der Waals surface area contributed by atoms with Gasteiger partial charge in [0.2, 0.25) is 11.9 Å². The maximum atomic E-state index is 4.60. The molecule has 0 saturated carbocycles. The van der Waals surface area contributed by atoms with E-state index in [1.165, 1.54) is 0 Å². The summed E-state index contributed by atoms with van der Waals surface area (Å²) in [7, 11) is 0. The Balaban J connectivity index is 1.67. The fourth-order valence-electron chi connectivity index (χ4n) is 2.52. The van der Waals surface area contributed by atoms with Gasteiger partial charge in [0.1, 0.15) is 5.82 Å². The third-order valence-electron chi connectivity index (χ3n) is 3.67. The minimum absolute atomic E-state index is 0.690.